The Morgan fingerprint density at radius 2 is 2.14 bits per heavy atom. The molecule has 0 aromatic heterocycles. The summed E-state index contributed by atoms with van der Waals surface area (Å²) in [7, 11) is -3.04. The summed E-state index contributed by atoms with van der Waals surface area (Å²) in [5.74, 6) is 0. The standard InChI is InChI=1S/C5H12N2O6S/c1-13-5(10)7-14(11,12)6-2-4(9)3-8/h4,6,8-9H,2-3H2,1H3,(H,7,10). The van der Waals surface area contributed by atoms with Crippen LogP contribution in [0.15, 0.2) is 0 Å². The molecule has 0 aromatic carbocycles. The molecule has 8 nitrogen and oxygen atoms in total. The molecule has 1 unspecified atom stereocenters. The second-order valence-corrected chi connectivity index (χ2v) is 3.78. The van der Waals surface area contributed by atoms with Gasteiger partial charge < -0.3 is 14.9 Å². The van der Waals surface area contributed by atoms with Gasteiger partial charge in [0.05, 0.1) is 19.8 Å². The number of hydrogen-bond acceptors (Lipinski definition) is 6. The second-order valence-electron chi connectivity index (χ2n) is 2.28. The lowest BCUT2D eigenvalue weighted by molar-refractivity contribution is 0.0987. The molecule has 0 saturated carbocycles. The molecule has 0 aliphatic rings. The Kier molecular flexibility index (Phi) is 5.38. The first-order chi connectivity index (χ1) is 6.41. The van der Waals surface area contributed by atoms with Crippen molar-refractivity contribution < 1.29 is 28.2 Å². The van der Waals surface area contributed by atoms with E-state index in [1.807, 2.05) is 4.72 Å². The molecule has 0 rings (SSSR count). The molecular weight excluding hydrogens is 216 g/mol. The lowest BCUT2D eigenvalue weighted by Gasteiger charge is -2.09. The SMILES string of the molecule is COC(=O)NS(=O)(=O)NCC(O)CO. The van der Waals surface area contributed by atoms with Crippen molar-refractivity contribution in [1.82, 2.24) is 9.44 Å². The van der Waals surface area contributed by atoms with E-state index in [0.717, 1.165) is 7.11 Å². The van der Waals surface area contributed by atoms with E-state index in [1.54, 1.807) is 0 Å². The first-order valence-corrected chi connectivity index (χ1v) is 5.04. The van der Waals surface area contributed by atoms with Crippen molar-refractivity contribution in [3.05, 3.63) is 0 Å². The molecule has 1 atom stereocenters. The highest BCUT2D eigenvalue weighted by molar-refractivity contribution is 7.88. The Hall–Kier alpha value is -0.900. The molecule has 0 radical (unpaired) electrons. The van der Waals surface area contributed by atoms with Crippen LogP contribution >= 0.6 is 0 Å². The van der Waals surface area contributed by atoms with Crippen LogP contribution in [0.5, 0.6) is 0 Å². The smallest absolute Gasteiger partial charge is 0.421 e. The van der Waals surface area contributed by atoms with E-state index in [2.05, 4.69) is 4.74 Å². The van der Waals surface area contributed by atoms with Gasteiger partial charge in [-0.3, -0.25) is 0 Å². The number of nitrogens with one attached hydrogen (secondary N) is 2. The first-order valence-electron chi connectivity index (χ1n) is 3.55. The summed E-state index contributed by atoms with van der Waals surface area (Å²) >= 11 is 0. The molecule has 0 heterocycles. The predicted molar refractivity (Wildman–Crippen MR) is 45.6 cm³/mol. The zero-order chi connectivity index (χ0) is 11.2. The van der Waals surface area contributed by atoms with E-state index >= 15 is 0 Å². The zero-order valence-electron chi connectivity index (χ0n) is 7.43. The monoisotopic (exact) mass is 228 g/mol. The van der Waals surface area contributed by atoms with Crippen LogP contribution in [0.25, 0.3) is 0 Å². The molecule has 0 aliphatic carbocycles. The quantitative estimate of drug-likeness (QED) is 0.413. The molecule has 0 aromatic rings. The van der Waals surface area contributed by atoms with E-state index in [9.17, 15) is 13.2 Å². The Morgan fingerprint density at radius 1 is 1.57 bits per heavy atom. The number of carbonyl (C=O) groups excluding carboxylic acids is 1. The Bertz CT molecular complexity index is 276. The Morgan fingerprint density at radius 3 is 2.57 bits per heavy atom. The molecule has 1 amide bonds. The summed E-state index contributed by atoms with van der Waals surface area (Å²) < 4.78 is 29.2. The van der Waals surface area contributed by atoms with Crippen LogP contribution in [-0.4, -0.2) is 51.1 Å². The van der Waals surface area contributed by atoms with Crippen LogP contribution in [0.2, 0.25) is 0 Å². The number of ether oxygens (including phenoxy) is 1. The molecule has 9 heteroatoms. The van der Waals surface area contributed by atoms with Gasteiger partial charge in [-0.2, -0.15) is 13.1 Å². The van der Waals surface area contributed by atoms with E-state index in [4.69, 9.17) is 10.2 Å². The van der Waals surface area contributed by atoms with E-state index in [1.165, 1.54) is 4.72 Å². The Labute approximate surface area is 81.1 Å². The lowest BCUT2D eigenvalue weighted by Crippen LogP contribution is -2.43. The molecule has 0 spiro atoms. The zero-order valence-corrected chi connectivity index (χ0v) is 8.24. The van der Waals surface area contributed by atoms with Gasteiger partial charge in [0.2, 0.25) is 0 Å². The van der Waals surface area contributed by atoms with Crippen molar-refractivity contribution in [1.29, 1.82) is 0 Å². The van der Waals surface area contributed by atoms with Crippen molar-refractivity contribution in [2.45, 2.75) is 6.10 Å². The van der Waals surface area contributed by atoms with Crippen LogP contribution in [0.4, 0.5) is 4.79 Å². The van der Waals surface area contributed by atoms with Gasteiger partial charge in [-0.25, -0.2) is 9.52 Å². The summed E-state index contributed by atoms with van der Waals surface area (Å²) in [6.45, 7) is -0.983. The van der Waals surface area contributed by atoms with Crippen LogP contribution < -0.4 is 9.44 Å². The van der Waals surface area contributed by atoms with Gasteiger partial charge >= 0.3 is 16.3 Å². The highest BCUT2D eigenvalue weighted by atomic mass is 32.2. The maximum absolute atomic E-state index is 10.9. The fraction of sp³-hybridized carbons (Fsp3) is 0.800. The molecule has 4 N–H and O–H groups in total. The third kappa shape index (κ3) is 5.70. The molecule has 0 fully saturated rings. The first kappa shape index (κ1) is 13.1. The number of hydrogen-bond donors (Lipinski definition) is 4. The highest BCUT2D eigenvalue weighted by Crippen LogP contribution is 1.83. The summed E-state index contributed by atoms with van der Waals surface area (Å²) in [4.78, 5) is 10.5. The van der Waals surface area contributed by atoms with Crippen molar-refractivity contribution in [2.75, 3.05) is 20.3 Å². The van der Waals surface area contributed by atoms with Crippen molar-refractivity contribution in [2.24, 2.45) is 0 Å². The summed E-state index contributed by atoms with van der Waals surface area (Å²) in [6.07, 6.45) is -2.36. The number of methoxy groups -OCH3 is 1. The van der Waals surface area contributed by atoms with Gasteiger partial charge in [0.1, 0.15) is 0 Å². The second kappa shape index (κ2) is 5.75. The minimum atomic E-state index is -4.04. The maximum atomic E-state index is 10.9. The van der Waals surface area contributed by atoms with Gasteiger partial charge in [-0.05, 0) is 0 Å². The third-order valence-electron chi connectivity index (χ3n) is 1.12. The van der Waals surface area contributed by atoms with Crippen molar-refractivity contribution >= 4 is 16.3 Å². The molecule has 84 valence electrons. The van der Waals surface area contributed by atoms with Crippen molar-refractivity contribution in [3.8, 4) is 0 Å². The lowest BCUT2D eigenvalue weighted by atomic mass is 10.4. The third-order valence-corrected chi connectivity index (χ3v) is 2.10. The predicted octanol–water partition coefficient (Wildman–Crippen LogP) is -2.47. The molecule has 14 heavy (non-hydrogen) atoms. The maximum Gasteiger partial charge on any atom is 0.421 e. The largest absolute Gasteiger partial charge is 0.452 e. The van der Waals surface area contributed by atoms with Crippen LogP contribution in [0.3, 0.4) is 0 Å². The number of aliphatic hydroxyl groups is 2. The molecular formula is C5H12N2O6S. The van der Waals surface area contributed by atoms with Gasteiger partial charge in [-0.15, -0.1) is 0 Å². The summed E-state index contributed by atoms with van der Waals surface area (Å²) in [5, 5.41) is 17.2. The van der Waals surface area contributed by atoms with E-state index < -0.39 is 35.6 Å². The normalized spacial score (nSPS) is 13.4. The number of amides is 1. The topological polar surface area (TPSA) is 125 Å². The van der Waals surface area contributed by atoms with Crippen LogP contribution in [0, 0.1) is 0 Å². The number of carbonyl (C=O) groups is 1. The summed E-state index contributed by atoms with van der Waals surface area (Å²) in [6, 6.07) is 0. The highest BCUT2D eigenvalue weighted by Gasteiger charge is 2.15. The van der Waals surface area contributed by atoms with Gasteiger partial charge in [0.25, 0.3) is 0 Å². The Balaban J connectivity index is 4.03. The molecule has 0 saturated heterocycles. The average molecular weight is 228 g/mol. The minimum Gasteiger partial charge on any atom is -0.452 e. The van der Waals surface area contributed by atoms with Crippen LogP contribution in [0.1, 0.15) is 0 Å². The van der Waals surface area contributed by atoms with Crippen LogP contribution in [-0.2, 0) is 14.9 Å². The molecule has 0 bridgehead atoms. The fourth-order valence-electron chi connectivity index (χ4n) is 0.458. The van der Waals surface area contributed by atoms with Crippen molar-refractivity contribution in [3.63, 3.8) is 0 Å². The van der Waals surface area contributed by atoms with Gasteiger partial charge in [-0.1, -0.05) is 0 Å². The van der Waals surface area contributed by atoms with E-state index in [0.29, 0.717) is 0 Å². The average Bonchev–Trinajstić information content (AvgIpc) is 2.13. The summed E-state index contributed by atoms with van der Waals surface area (Å²) in [5.41, 5.74) is 0. The van der Waals surface area contributed by atoms with E-state index in [-0.39, 0.29) is 0 Å². The minimum absolute atomic E-state index is 0.400. The molecule has 0 aliphatic heterocycles. The number of rotatable bonds is 5. The fourth-order valence-corrected chi connectivity index (χ4v) is 1.24. The van der Waals surface area contributed by atoms with Gasteiger partial charge in [0, 0.05) is 6.54 Å². The van der Waals surface area contributed by atoms with Gasteiger partial charge in [0.15, 0.2) is 0 Å². The number of aliphatic hydroxyl groups excluding tert-OH is 2.